The Bertz CT molecular complexity index is 830. The van der Waals surface area contributed by atoms with Crippen LogP contribution in [0.5, 0.6) is 0 Å². The highest BCUT2D eigenvalue weighted by molar-refractivity contribution is 6.62. The van der Waals surface area contributed by atoms with Crippen LogP contribution in [0.2, 0.25) is 0 Å². The van der Waals surface area contributed by atoms with Crippen LogP contribution < -0.4 is 16.6 Å². The molecule has 2 aromatic rings. The number of primary amides is 1. The van der Waals surface area contributed by atoms with Gasteiger partial charge in [-0.05, 0) is 49.8 Å². The van der Waals surface area contributed by atoms with Crippen LogP contribution in [-0.2, 0) is 9.31 Å². The van der Waals surface area contributed by atoms with E-state index in [1.165, 1.54) is 6.21 Å². The summed E-state index contributed by atoms with van der Waals surface area (Å²) in [5, 5.41) is 3.75. The van der Waals surface area contributed by atoms with Crippen LogP contribution in [0, 0.1) is 0 Å². The molecule has 0 saturated carbocycles. The molecule has 27 heavy (non-hydrogen) atoms. The summed E-state index contributed by atoms with van der Waals surface area (Å²) in [6.07, 6.45) is 1.54. The summed E-state index contributed by atoms with van der Waals surface area (Å²) < 4.78 is 12.2. The Hall–Kier alpha value is -2.64. The van der Waals surface area contributed by atoms with Gasteiger partial charge >= 0.3 is 13.1 Å². The molecule has 6 nitrogen and oxygen atoms in total. The van der Waals surface area contributed by atoms with Crippen molar-refractivity contribution < 1.29 is 14.1 Å². The average Bonchev–Trinajstić information content (AvgIpc) is 2.83. The maximum Gasteiger partial charge on any atom is 0.494 e. The highest BCUT2D eigenvalue weighted by Gasteiger charge is 2.51. The summed E-state index contributed by atoms with van der Waals surface area (Å²) in [6, 6.07) is 15.3. The molecule has 0 spiro atoms. The fraction of sp³-hybridized carbons (Fsp3) is 0.300. The van der Waals surface area contributed by atoms with E-state index in [0.29, 0.717) is 0 Å². The summed E-state index contributed by atoms with van der Waals surface area (Å²) in [5.41, 5.74) is 10.5. The second-order valence-electron chi connectivity index (χ2n) is 7.57. The maximum absolute atomic E-state index is 10.6. The zero-order valence-corrected chi connectivity index (χ0v) is 16.0. The Balaban J connectivity index is 1.71. The lowest BCUT2D eigenvalue weighted by atomic mass is 9.78. The predicted molar refractivity (Wildman–Crippen MR) is 108 cm³/mol. The quantitative estimate of drug-likeness (QED) is 0.496. The zero-order chi connectivity index (χ0) is 19.7. The van der Waals surface area contributed by atoms with Crippen molar-refractivity contribution in [3.05, 3.63) is 54.1 Å². The lowest BCUT2D eigenvalue weighted by Gasteiger charge is -2.32. The number of hydrogen-bond donors (Lipinski definition) is 2. The SMILES string of the molecule is CC1(C)OB(c2ccc(-c3ccc(C=NNC(N)=O)cc3)cc2)OC1(C)C. The van der Waals surface area contributed by atoms with Crippen molar-refractivity contribution >= 4 is 24.8 Å². The molecular weight excluding hydrogens is 341 g/mol. The smallest absolute Gasteiger partial charge is 0.399 e. The van der Waals surface area contributed by atoms with Crippen molar-refractivity contribution in [2.45, 2.75) is 38.9 Å². The first-order valence-corrected chi connectivity index (χ1v) is 8.82. The molecule has 0 bridgehead atoms. The van der Waals surface area contributed by atoms with Crippen molar-refractivity contribution in [2.75, 3.05) is 0 Å². The molecule has 3 rings (SSSR count). The van der Waals surface area contributed by atoms with E-state index in [4.69, 9.17) is 15.0 Å². The minimum Gasteiger partial charge on any atom is -0.399 e. The van der Waals surface area contributed by atoms with Crippen LogP contribution in [0.4, 0.5) is 4.79 Å². The van der Waals surface area contributed by atoms with E-state index in [1.54, 1.807) is 0 Å². The molecule has 2 amide bonds. The van der Waals surface area contributed by atoms with Crippen LogP contribution in [-0.4, -0.2) is 30.6 Å². The van der Waals surface area contributed by atoms with Crippen LogP contribution in [0.15, 0.2) is 53.6 Å². The fourth-order valence-corrected chi connectivity index (χ4v) is 2.74. The van der Waals surface area contributed by atoms with Gasteiger partial charge in [-0.25, -0.2) is 10.2 Å². The number of nitrogens with two attached hydrogens (primary N) is 1. The summed E-state index contributed by atoms with van der Waals surface area (Å²) in [7, 11) is -0.361. The number of carbonyl (C=O) groups is 1. The van der Waals surface area contributed by atoms with E-state index >= 15 is 0 Å². The summed E-state index contributed by atoms with van der Waals surface area (Å²) in [4.78, 5) is 10.6. The Kier molecular flexibility index (Phi) is 5.08. The Morgan fingerprint density at radius 3 is 1.93 bits per heavy atom. The fourth-order valence-electron chi connectivity index (χ4n) is 2.74. The monoisotopic (exact) mass is 365 g/mol. The third-order valence-corrected chi connectivity index (χ3v) is 5.07. The molecule has 0 aromatic heterocycles. The normalized spacial score (nSPS) is 18.0. The molecule has 3 N–H and O–H groups in total. The van der Waals surface area contributed by atoms with Gasteiger partial charge in [0.15, 0.2) is 0 Å². The Morgan fingerprint density at radius 2 is 1.44 bits per heavy atom. The standard InChI is InChI=1S/C20H24BN3O3/c1-19(2)20(3,4)27-21(26-19)17-11-9-16(10-12-17)15-7-5-14(6-8-15)13-23-24-18(22)25/h5-13H,1-4H3,(H3,22,24,25). The zero-order valence-electron chi connectivity index (χ0n) is 16.0. The number of rotatable bonds is 4. The first kappa shape index (κ1) is 19.1. The molecule has 1 aliphatic heterocycles. The van der Waals surface area contributed by atoms with Crippen molar-refractivity contribution in [2.24, 2.45) is 10.8 Å². The van der Waals surface area contributed by atoms with Gasteiger partial charge in [-0.3, -0.25) is 0 Å². The minimum atomic E-state index is -0.690. The highest BCUT2D eigenvalue weighted by Crippen LogP contribution is 2.36. The van der Waals surface area contributed by atoms with E-state index in [9.17, 15) is 4.79 Å². The van der Waals surface area contributed by atoms with E-state index in [2.05, 4.69) is 22.7 Å². The molecule has 140 valence electrons. The van der Waals surface area contributed by atoms with Crippen LogP contribution >= 0.6 is 0 Å². The van der Waals surface area contributed by atoms with Crippen molar-refractivity contribution in [3.63, 3.8) is 0 Å². The topological polar surface area (TPSA) is 85.9 Å². The molecule has 1 aliphatic rings. The molecule has 1 heterocycles. The van der Waals surface area contributed by atoms with Gasteiger partial charge in [0.1, 0.15) is 0 Å². The second kappa shape index (κ2) is 7.17. The lowest BCUT2D eigenvalue weighted by molar-refractivity contribution is 0.00578. The van der Waals surface area contributed by atoms with E-state index < -0.39 is 6.03 Å². The molecule has 1 fully saturated rings. The maximum atomic E-state index is 10.6. The van der Waals surface area contributed by atoms with Gasteiger partial charge in [0, 0.05) is 0 Å². The van der Waals surface area contributed by atoms with Gasteiger partial charge in [-0.2, -0.15) is 5.10 Å². The van der Waals surface area contributed by atoms with E-state index in [0.717, 1.165) is 22.2 Å². The number of nitrogens with one attached hydrogen (secondary N) is 1. The molecule has 7 heteroatoms. The first-order valence-electron chi connectivity index (χ1n) is 8.82. The Labute approximate surface area is 159 Å². The number of hydrazone groups is 1. The van der Waals surface area contributed by atoms with Gasteiger partial charge in [0.05, 0.1) is 17.4 Å². The van der Waals surface area contributed by atoms with Crippen molar-refractivity contribution in [1.82, 2.24) is 5.43 Å². The summed E-state index contributed by atoms with van der Waals surface area (Å²) in [6.45, 7) is 8.19. The lowest BCUT2D eigenvalue weighted by Crippen LogP contribution is -2.41. The van der Waals surface area contributed by atoms with Gasteiger partial charge < -0.3 is 15.0 Å². The molecule has 0 unspecified atom stereocenters. The van der Waals surface area contributed by atoms with Crippen LogP contribution in [0.1, 0.15) is 33.3 Å². The number of carbonyl (C=O) groups excluding carboxylic acids is 1. The highest BCUT2D eigenvalue weighted by atomic mass is 16.7. The number of amides is 2. The number of nitrogens with zero attached hydrogens (tertiary/aromatic N) is 1. The second-order valence-corrected chi connectivity index (χ2v) is 7.57. The molecule has 0 radical (unpaired) electrons. The minimum absolute atomic E-state index is 0.350. The summed E-state index contributed by atoms with van der Waals surface area (Å²) >= 11 is 0. The predicted octanol–water partition coefficient (Wildman–Crippen LogP) is 2.66. The number of benzene rings is 2. The molecule has 2 aromatic carbocycles. The van der Waals surface area contributed by atoms with Crippen molar-refractivity contribution in [3.8, 4) is 11.1 Å². The largest absolute Gasteiger partial charge is 0.494 e. The number of hydrogen-bond acceptors (Lipinski definition) is 4. The summed E-state index contributed by atoms with van der Waals surface area (Å²) in [5.74, 6) is 0. The average molecular weight is 365 g/mol. The van der Waals surface area contributed by atoms with E-state index in [-0.39, 0.29) is 18.3 Å². The molecule has 1 saturated heterocycles. The van der Waals surface area contributed by atoms with Crippen LogP contribution in [0.3, 0.4) is 0 Å². The first-order chi connectivity index (χ1) is 12.7. The van der Waals surface area contributed by atoms with Crippen molar-refractivity contribution in [1.29, 1.82) is 0 Å². The molecular formula is C20H24BN3O3. The van der Waals surface area contributed by atoms with Crippen LogP contribution in [0.25, 0.3) is 11.1 Å². The van der Waals surface area contributed by atoms with Gasteiger partial charge in [0.25, 0.3) is 0 Å². The third-order valence-electron chi connectivity index (χ3n) is 5.07. The Morgan fingerprint density at radius 1 is 0.963 bits per heavy atom. The van der Waals surface area contributed by atoms with Gasteiger partial charge in [-0.15, -0.1) is 0 Å². The molecule has 0 atom stereocenters. The third kappa shape index (κ3) is 4.20. The molecule has 0 aliphatic carbocycles. The van der Waals surface area contributed by atoms with E-state index in [1.807, 2.05) is 64.1 Å². The number of urea groups is 1. The van der Waals surface area contributed by atoms with Gasteiger partial charge in [-0.1, -0.05) is 48.5 Å². The van der Waals surface area contributed by atoms with Gasteiger partial charge in [0.2, 0.25) is 0 Å².